The third kappa shape index (κ3) is 8.97. The second-order valence-corrected chi connectivity index (χ2v) is 8.69. The van der Waals surface area contributed by atoms with Gasteiger partial charge in [-0.05, 0) is 38.0 Å². The number of hydrogen-bond donors (Lipinski definition) is 3. The number of hydrogen-bond acceptors (Lipinski definition) is 3. The minimum absolute atomic E-state index is 0. The van der Waals surface area contributed by atoms with Crippen molar-refractivity contribution in [3.05, 3.63) is 71.0 Å². The molecule has 2 aromatic carbocycles. The third-order valence-corrected chi connectivity index (χ3v) is 5.56. The van der Waals surface area contributed by atoms with Gasteiger partial charge < -0.3 is 10.6 Å². The van der Waals surface area contributed by atoms with Gasteiger partial charge in [0.25, 0.3) is 0 Å². The lowest BCUT2D eigenvalue weighted by Crippen LogP contribution is -2.37. The molecule has 0 bridgehead atoms. The topological polar surface area (TPSA) is 82.6 Å². The molecule has 3 N–H and O–H groups in total. The Hall–Kier alpha value is -1.72. The Bertz CT molecular complexity index is 936. The van der Waals surface area contributed by atoms with Crippen molar-refractivity contribution in [3.63, 3.8) is 0 Å². The first kappa shape index (κ1) is 26.3. The van der Waals surface area contributed by atoms with Crippen LogP contribution >= 0.6 is 24.0 Å². The molecule has 0 radical (unpaired) electrons. The molecule has 0 spiro atoms. The van der Waals surface area contributed by atoms with Crippen molar-refractivity contribution in [2.75, 3.05) is 6.54 Å². The average Bonchev–Trinajstić information content (AvgIpc) is 2.65. The van der Waals surface area contributed by atoms with Crippen LogP contribution in [0.5, 0.6) is 0 Å². The normalized spacial score (nSPS) is 11.8. The predicted molar refractivity (Wildman–Crippen MR) is 131 cm³/mol. The Labute approximate surface area is 195 Å². The molecule has 30 heavy (non-hydrogen) atoms. The Morgan fingerprint density at radius 3 is 2.20 bits per heavy atom. The molecule has 9 heteroatoms. The van der Waals surface area contributed by atoms with E-state index in [1.54, 1.807) is 38.1 Å². The third-order valence-electron chi connectivity index (χ3n) is 4.04. The Morgan fingerprint density at radius 2 is 1.60 bits per heavy atom. The maximum Gasteiger partial charge on any atom is 0.216 e. The highest BCUT2D eigenvalue weighted by Crippen LogP contribution is 2.13. The number of benzene rings is 2. The van der Waals surface area contributed by atoms with Crippen LogP contribution in [0, 0.1) is 5.82 Å². The largest absolute Gasteiger partial charge is 0.357 e. The molecule has 0 aliphatic heterocycles. The summed E-state index contributed by atoms with van der Waals surface area (Å²) in [6, 6.07) is 13.7. The van der Waals surface area contributed by atoms with Crippen molar-refractivity contribution in [3.8, 4) is 0 Å². The van der Waals surface area contributed by atoms with E-state index >= 15 is 0 Å². The van der Waals surface area contributed by atoms with E-state index in [9.17, 15) is 12.8 Å². The first-order valence-corrected chi connectivity index (χ1v) is 11.3. The van der Waals surface area contributed by atoms with Gasteiger partial charge in [-0.3, -0.25) is 0 Å². The number of halogens is 2. The molecule has 0 aliphatic carbocycles. The number of nitrogens with zero attached hydrogens (tertiary/aromatic N) is 1. The summed E-state index contributed by atoms with van der Waals surface area (Å²) in [5, 5.41) is 6.32. The van der Waals surface area contributed by atoms with Gasteiger partial charge in [0.2, 0.25) is 10.0 Å². The number of nitrogens with one attached hydrogen (secondary N) is 3. The summed E-state index contributed by atoms with van der Waals surface area (Å²) in [5.41, 5.74) is 2.09. The Balaban J connectivity index is 0.00000450. The number of guanidine groups is 1. The van der Waals surface area contributed by atoms with Crippen LogP contribution in [0.2, 0.25) is 0 Å². The molecule has 0 fully saturated rings. The second-order valence-electron chi connectivity index (χ2n) is 6.94. The molecular weight excluding hydrogens is 518 g/mol. The van der Waals surface area contributed by atoms with E-state index < -0.39 is 10.0 Å². The molecule has 2 aromatic rings. The minimum Gasteiger partial charge on any atom is -0.357 e. The zero-order chi connectivity index (χ0) is 21.3. The van der Waals surface area contributed by atoms with Crippen LogP contribution in [0.3, 0.4) is 0 Å². The van der Waals surface area contributed by atoms with Gasteiger partial charge in [0, 0.05) is 24.7 Å². The monoisotopic (exact) mass is 548 g/mol. The van der Waals surface area contributed by atoms with Crippen molar-refractivity contribution in [2.45, 2.75) is 45.7 Å². The van der Waals surface area contributed by atoms with Crippen molar-refractivity contribution in [1.29, 1.82) is 0 Å². The summed E-state index contributed by atoms with van der Waals surface area (Å²) < 4.78 is 41.0. The molecule has 0 aromatic heterocycles. The fourth-order valence-corrected chi connectivity index (χ4v) is 4.28. The fourth-order valence-electron chi connectivity index (χ4n) is 2.79. The van der Waals surface area contributed by atoms with E-state index in [0.29, 0.717) is 24.6 Å². The summed E-state index contributed by atoms with van der Waals surface area (Å²) in [6.45, 7) is 6.78. The highest BCUT2D eigenvalue weighted by molar-refractivity contribution is 14.0. The van der Waals surface area contributed by atoms with Gasteiger partial charge >= 0.3 is 0 Å². The number of aliphatic imine (C=N–C) groups is 1. The molecule has 0 unspecified atom stereocenters. The summed E-state index contributed by atoms with van der Waals surface area (Å²) in [7, 11) is -3.42. The Kier molecular flexibility index (Phi) is 11.3. The molecule has 0 heterocycles. The Morgan fingerprint density at radius 1 is 1.00 bits per heavy atom. The van der Waals surface area contributed by atoms with Gasteiger partial charge in [-0.15, -0.1) is 24.0 Å². The van der Waals surface area contributed by atoms with Crippen LogP contribution in [-0.4, -0.2) is 27.0 Å². The van der Waals surface area contributed by atoms with E-state index in [2.05, 4.69) is 20.3 Å². The van der Waals surface area contributed by atoms with E-state index in [4.69, 9.17) is 0 Å². The van der Waals surface area contributed by atoms with Crippen LogP contribution in [0.4, 0.5) is 4.39 Å². The molecule has 0 saturated heterocycles. The standard InChI is InChI=1S/C21H29FN4O2S.HI/c1-4-23-21(25-14-18-10-7-8-12-20(18)22)24-13-17-9-5-6-11-19(17)15-29(27,28)26-16(2)3;/h5-12,16,26H,4,13-15H2,1-3H3,(H2,23,24,25);1H. The van der Waals surface area contributed by atoms with Crippen LogP contribution in [0.1, 0.15) is 37.5 Å². The maximum absolute atomic E-state index is 13.8. The molecular formula is C21H30FIN4O2S. The fraction of sp³-hybridized carbons (Fsp3) is 0.381. The summed E-state index contributed by atoms with van der Waals surface area (Å²) in [5.74, 6) is 0.153. The van der Waals surface area contributed by atoms with Crippen LogP contribution in [-0.2, 0) is 28.9 Å². The highest BCUT2D eigenvalue weighted by Gasteiger charge is 2.15. The van der Waals surface area contributed by atoms with Crippen molar-refractivity contribution in [2.24, 2.45) is 4.99 Å². The van der Waals surface area contributed by atoms with Crippen LogP contribution in [0.25, 0.3) is 0 Å². The number of rotatable bonds is 9. The van der Waals surface area contributed by atoms with E-state index in [-0.39, 0.29) is 48.1 Å². The first-order chi connectivity index (χ1) is 13.8. The predicted octanol–water partition coefficient (Wildman–Crippen LogP) is 3.53. The van der Waals surface area contributed by atoms with E-state index in [1.807, 2.05) is 25.1 Å². The zero-order valence-electron chi connectivity index (χ0n) is 17.5. The highest BCUT2D eigenvalue weighted by atomic mass is 127. The molecule has 0 amide bonds. The lowest BCUT2D eigenvalue weighted by atomic mass is 10.1. The molecule has 6 nitrogen and oxygen atoms in total. The van der Waals surface area contributed by atoms with Crippen molar-refractivity contribution < 1.29 is 12.8 Å². The van der Waals surface area contributed by atoms with Crippen LogP contribution in [0.15, 0.2) is 53.5 Å². The van der Waals surface area contributed by atoms with Crippen molar-refractivity contribution >= 4 is 40.0 Å². The van der Waals surface area contributed by atoms with Gasteiger partial charge in [0.1, 0.15) is 5.82 Å². The molecule has 166 valence electrons. The van der Waals surface area contributed by atoms with Gasteiger partial charge in [-0.25, -0.2) is 22.5 Å². The van der Waals surface area contributed by atoms with Gasteiger partial charge in [-0.2, -0.15) is 0 Å². The second kappa shape index (κ2) is 12.9. The van der Waals surface area contributed by atoms with Crippen molar-refractivity contribution in [1.82, 2.24) is 15.4 Å². The average molecular weight is 548 g/mol. The zero-order valence-corrected chi connectivity index (χ0v) is 20.6. The SMILES string of the molecule is CCNC(=NCc1ccccc1F)NCc1ccccc1CS(=O)(=O)NC(C)C.I. The van der Waals surface area contributed by atoms with Gasteiger partial charge in [0.15, 0.2) is 5.96 Å². The van der Waals surface area contributed by atoms with E-state index in [1.165, 1.54) is 6.07 Å². The molecule has 0 atom stereocenters. The lowest BCUT2D eigenvalue weighted by Gasteiger charge is -2.15. The lowest BCUT2D eigenvalue weighted by molar-refractivity contribution is 0.568. The minimum atomic E-state index is -3.42. The molecule has 0 aliphatic rings. The van der Waals surface area contributed by atoms with Gasteiger partial charge in [0.05, 0.1) is 12.3 Å². The molecule has 0 saturated carbocycles. The maximum atomic E-state index is 13.8. The first-order valence-electron chi connectivity index (χ1n) is 9.63. The smallest absolute Gasteiger partial charge is 0.216 e. The quantitative estimate of drug-likeness (QED) is 0.255. The van der Waals surface area contributed by atoms with Gasteiger partial charge in [-0.1, -0.05) is 42.5 Å². The summed E-state index contributed by atoms with van der Waals surface area (Å²) >= 11 is 0. The van der Waals surface area contributed by atoms with Crippen LogP contribution < -0.4 is 15.4 Å². The number of sulfonamides is 1. The molecule has 2 rings (SSSR count). The summed E-state index contributed by atoms with van der Waals surface area (Å²) in [6.07, 6.45) is 0. The van der Waals surface area contributed by atoms with E-state index in [0.717, 1.165) is 11.1 Å². The summed E-state index contributed by atoms with van der Waals surface area (Å²) in [4.78, 5) is 4.43.